The number of carbonyl (C=O) groups excluding carboxylic acids is 1. The number of hydrogen-bond acceptors (Lipinski definition) is 3. The van der Waals surface area contributed by atoms with Gasteiger partial charge in [-0.2, -0.15) is 0 Å². The number of amides is 1. The van der Waals surface area contributed by atoms with Gasteiger partial charge in [-0.25, -0.2) is 0 Å². The summed E-state index contributed by atoms with van der Waals surface area (Å²) in [5.74, 6) is 0.0344. The van der Waals surface area contributed by atoms with Crippen molar-refractivity contribution in [2.45, 2.75) is 13.0 Å². The smallest absolute Gasteiger partial charge is 0.254 e. The molecular formula is C27H23Cl2N3O. The van der Waals surface area contributed by atoms with Crippen LogP contribution in [0.15, 0.2) is 79.0 Å². The van der Waals surface area contributed by atoms with Crippen LogP contribution in [-0.4, -0.2) is 35.4 Å². The van der Waals surface area contributed by atoms with Crippen molar-refractivity contribution < 1.29 is 4.79 Å². The van der Waals surface area contributed by atoms with Crippen molar-refractivity contribution in [2.24, 2.45) is 0 Å². The molecule has 1 atom stereocenters. The predicted octanol–water partition coefficient (Wildman–Crippen LogP) is 6.55. The molecule has 0 spiro atoms. The number of nitrogens with zero attached hydrogens (tertiary/aromatic N) is 3. The normalized spacial score (nSPS) is 16.3. The van der Waals surface area contributed by atoms with E-state index in [1.807, 2.05) is 71.6 Å². The molecule has 166 valence electrons. The molecule has 0 radical (unpaired) electrons. The highest BCUT2D eigenvalue weighted by Gasteiger charge is 2.32. The zero-order valence-electron chi connectivity index (χ0n) is 18.2. The second-order valence-corrected chi connectivity index (χ2v) is 9.23. The van der Waals surface area contributed by atoms with Gasteiger partial charge in [0, 0.05) is 52.5 Å². The first kappa shape index (κ1) is 21.7. The zero-order valence-corrected chi connectivity index (χ0v) is 19.7. The van der Waals surface area contributed by atoms with E-state index >= 15 is 0 Å². The maximum Gasteiger partial charge on any atom is 0.254 e. The van der Waals surface area contributed by atoms with Gasteiger partial charge in [-0.3, -0.25) is 9.78 Å². The summed E-state index contributed by atoms with van der Waals surface area (Å²) < 4.78 is 0. The molecular weight excluding hydrogens is 453 g/mol. The third-order valence-corrected chi connectivity index (χ3v) is 6.73. The van der Waals surface area contributed by atoms with Gasteiger partial charge in [0.05, 0.1) is 11.6 Å². The number of halogens is 2. The van der Waals surface area contributed by atoms with E-state index in [-0.39, 0.29) is 11.9 Å². The van der Waals surface area contributed by atoms with Crippen LogP contribution in [0.4, 0.5) is 5.69 Å². The molecule has 6 heteroatoms. The monoisotopic (exact) mass is 475 g/mol. The minimum absolute atomic E-state index is 0.00182. The summed E-state index contributed by atoms with van der Waals surface area (Å²) >= 11 is 12.4. The van der Waals surface area contributed by atoms with Crippen molar-refractivity contribution in [3.63, 3.8) is 0 Å². The Bertz CT molecular complexity index is 1320. The summed E-state index contributed by atoms with van der Waals surface area (Å²) in [5, 5.41) is 2.38. The summed E-state index contributed by atoms with van der Waals surface area (Å²) in [6.45, 7) is 4.00. The molecule has 1 amide bonds. The third-order valence-electron chi connectivity index (χ3n) is 6.24. The minimum Gasteiger partial charge on any atom is -0.361 e. The number of hydrogen-bond donors (Lipinski definition) is 0. The molecule has 3 aromatic carbocycles. The molecule has 1 aliphatic rings. The fourth-order valence-electron chi connectivity index (χ4n) is 4.56. The summed E-state index contributed by atoms with van der Waals surface area (Å²) in [5.41, 5.74) is 4.93. The SMILES string of the molecule is Cc1cc(Cl)ccc1N1CCN(C(=O)c2ccc3ncccc3c2)C[C@H]1c1ccc(Cl)cc1. The van der Waals surface area contributed by atoms with Gasteiger partial charge in [0.1, 0.15) is 0 Å². The molecule has 1 aromatic heterocycles. The van der Waals surface area contributed by atoms with Gasteiger partial charge >= 0.3 is 0 Å². The molecule has 4 nitrogen and oxygen atoms in total. The second-order valence-electron chi connectivity index (χ2n) is 8.35. The summed E-state index contributed by atoms with van der Waals surface area (Å²) in [6, 6.07) is 23.4. The number of rotatable bonds is 3. The van der Waals surface area contributed by atoms with Crippen molar-refractivity contribution in [2.75, 3.05) is 24.5 Å². The van der Waals surface area contributed by atoms with Crippen molar-refractivity contribution >= 4 is 45.7 Å². The molecule has 0 bridgehead atoms. The van der Waals surface area contributed by atoms with E-state index in [0.29, 0.717) is 23.7 Å². The maximum absolute atomic E-state index is 13.5. The molecule has 1 saturated heterocycles. The van der Waals surface area contributed by atoms with Crippen molar-refractivity contribution in [1.82, 2.24) is 9.88 Å². The van der Waals surface area contributed by atoms with Crippen LogP contribution < -0.4 is 4.90 Å². The lowest BCUT2D eigenvalue weighted by Crippen LogP contribution is -2.50. The van der Waals surface area contributed by atoms with Crippen LogP contribution in [-0.2, 0) is 0 Å². The van der Waals surface area contributed by atoms with Crippen LogP contribution in [0.3, 0.4) is 0 Å². The molecule has 2 heterocycles. The summed E-state index contributed by atoms with van der Waals surface area (Å²) in [4.78, 5) is 22.1. The average Bonchev–Trinajstić information content (AvgIpc) is 2.84. The number of benzene rings is 3. The molecule has 0 unspecified atom stereocenters. The van der Waals surface area contributed by atoms with E-state index in [2.05, 4.69) is 22.9 Å². The first-order chi connectivity index (χ1) is 16.0. The Kier molecular flexibility index (Phi) is 5.96. The summed E-state index contributed by atoms with van der Waals surface area (Å²) in [6.07, 6.45) is 1.76. The molecule has 0 aliphatic carbocycles. The number of pyridine rings is 1. The lowest BCUT2D eigenvalue weighted by Gasteiger charge is -2.43. The second kappa shape index (κ2) is 9.05. The van der Waals surface area contributed by atoms with Crippen LogP contribution in [0.1, 0.15) is 27.5 Å². The van der Waals surface area contributed by atoms with E-state index in [1.165, 1.54) is 0 Å². The molecule has 0 N–H and O–H groups in total. The van der Waals surface area contributed by atoms with Crippen LogP contribution in [0.25, 0.3) is 10.9 Å². The van der Waals surface area contributed by atoms with Gasteiger partial charge < -0.3 is 9.80 Å². The van der Waals surface area contributed by atoms with Crippen LogP contribution >= 0.6 is 23.2 Å². The van der Waals surface area contributed by atoms with Crippen LogP contribution in [0.5, 0.6) is 0 Å². The Morgan fingerprint density at radius 2 is 1.73 bits per heavy atom. The predicted molar refractivity (Wildman–Crippen MR) is 135 cm³/mol. The molecule has 5 rings (SSSR count). The number of fused-ring (bicyclic) bond motifs is 1. The molecule has 33 heavy (non-hydrogen) atoms. The largest absolute Gasteiger partial charge is 0.361 e. The standard InChI is InChI=1S/C27H23Cl2N3O/c1-18-15-23(29)9-11-25(18)32-14-13-31(17-26(32)19-4-7-22(28)8-5-19)27(33)21-6-10-24-20(16-21)3-2-12-30-24/h2-12,15-16,26H,13-14,17H2,1H3/t26-/m0/s1. The number of carbonyl (C=O) groups is 1. The van der Waals surface area contributed by atoms with Gasteiger partial charge in [-0.05, 0) is 72.6 Å². The Morgan fingerprint density at radius 1 is 0.939 bits per heavy atom. The number of aryl methyl sites for hydroxylation is 1. The lowest BCUT2D eigenvalue weighted by atomic mass is 9.99. The summed E-state index contributed by atoms with van der Waals surface area (Å²) in [7, 11) is 0. The topological polar surface area (TPSA) is 36.4 Å². The highest BCUT2D eigenvalue weighted by atomic mass is 35.5. The highest BCUT2D eigenvalue weighted by molar-refractivity contribution is 6.31. The van der Waals surface area contributed by atoms with E-state index in [4.69, 9.17) is 23.2 Å². The first-order valence-corrected chi connectivity index (χ1v) is 11.7. The number of anilines is 1. The van der Waals surface area contributed by atoms with Crippen molar-refractivity contribution in [3.8, 4) is 0 Å². The first-order valence-electron chi connectivity index (χ1n) is 10.9. The Balaban J connectivity index is 1.48. The maximum atomic E-state index is 13.5. The van der Waals surface area contributed by atoms with E-state index in [0.717, 1.165) is 39.3 Å². The van der Waals surface area contributed by atoms with E-state index < -0.39 is 0 Å². The van der Waals surface area contributed by atoms with Crippen molar-refractivity contribution in [3.05, 3.63) is 106 Å². The minimum atomic E-state index is 0.00182. The molecule has 1 fully saturated rings. The van der Waals surface area contributed by atoms with Gasteiger partial charge in [-0.15, -0.1) is 0 Å². The van der Waals surface area contributed by atoms with Crippen molar-refractivity contribution in [1.29, 1.82) is 0 Å². The number of piperazine rings is 1. The molecule has 1 aliphatic heterocycles. The fourth-order valence-corrected chi connectivity index (χ4v) is 4.91. The quantitative estimate of drug-likeness (QED) is 0.336. The van der Waals surface area contributed by atoms with Gasteiger partial charge in [0.25, 0.3) is 5.91 Å². The molecule has 4 aromatic rings. The van der Waals surface area contributed by atoms with Gasteiger partial charge in [-0.1, -0.05) is 41.4 Å². The van der Waals surface area contributed by atoms with E-state index in [1.54, 1.807) is 6.20 Å². The van der Waals surface area contributed by atoms with Gasteiger partial charge in [0.15, 0.2) is 0 Å². The molecule has 0 saturated carbocycles. The Hall–Kier alpha value is -3.08. The Labute approximate surface area is 203 Å². The van der Waals surface area contributed by atoms with Crippen LogP contribution in [0, 0.1) is 6.92 Å². The highest BCUT2D eigenvalue weighted by Crippen LogP contribution is 2.35. The van der Waals surface area contributed by atoms with E-state index in [9.17, 15) is 4.79 Å². The average molecular weight is 476 g/mol. The van der Waals surface area contributed by atoms with Crippen LogP contribution in [0.2, 0.25) is 10.0 Å². The fraction of sp³-hybridized carbons (Fsp3) is 0.185. The zero-order chi connectivity index (χ0) is 22.9. The number of aromatic nitrogens is 1. The van der Waals surface area contributed by atoms with Gasteiger partial charge in [0.2, 0.25) is 0 Å². The third kappa shape index (κ3) is 4.41. The Morgan fingerprint density at radius 3 is 2.52 bits per heavy atom. The lowest BCUT2D eigenvalue weighted by molar-refractivity contribution is 0.0722.